The molecule has 0 amide bonds. The van der Waals surface area contributed by atoms with E-state index in [1.165, 1.54) is 18.2 Å². The number of carbonyl (C=O) groups excluding carboxylic acids is 1. The summed E-state index contributed by atoms with van der Waals surface area (Å²) in [6.07, 6.45) is 2.97. The van der Waals surface area contributed by atoms with Gasteiger partial charge in [0.25, 0.3) is 0 Å². The molecule has 0 heterocycles. The van der Waals surface area contributed by atoms with Crippen molar-refractivity contribution in [1.82, 2.24) is 0 Å². The number of methoxy groups -OCH3 is 1. The molecule has 2 aliphatic carbocycles. The second-order valence-corrected chi connectivity index (χ2v) is 5.97. The van der Waals surface area contributed by atoms with Gasteiger partial charge in [-0.2, -0.15) is 0 Å². The molecule has 118 valence electrons. The van der Waals surface area contributed by atoms with Crippen molar-refractivity contribution in [2.24, 2.45) is 5.73 Å². The summed E-state index contributed by atoms with van der Waals surface area (Å²) >= 11 is 0. The molecule has 0 spiro atoms. The van der Waals surface area contributed by atoms with E-state index < -0.39 is 0 Å². The smallest absolute Gasteiger partial charge is 0.338 e. The molecule has 22 heavy (non-hydrogen) atoms. The lowest BCUT2D eigenvalue weighted by atomic mass is 10.0. The Balaban J connectivity index is 2.48. The van der Waals surface area contributed by atoms with Gasteiger partial charge in [0.15, 0.2) is 0 Å². The molecule has 0 aromatic heterocycles. The van der Waals surface area contributed by atoms with Gasteiger partial charge in [-0.25, -0.2) is 4.79 Å². The van der Waals surface area contributed by atoms with Crippen LogP contribution in [0.3, 0.4) is 0 Å². The third-order valence-electron chi connectivity index (χ3n) is 4.10. The first-order chi connectivity index (χ1) is 10.6. The van der Waals surface area contributed by atoms with E-state index in [0.717, 1.165) is 30.4 Å². The lowest BCUT2D eigenvalue weighted by Gasteiger charge is -2.01. The molecule has 2 N–H and O–H groups in total. The molecular weight excluding hydrogens is 274 g/mol. The fraction of sp³-hybridized carbons (Fsp3) is 0.421. The minimum absolute atomic E-state index is 0.271. The van der Waals surface area contributed by atoms with E-state index in [1.54, 1.807) is 0 Å². The number of carbonyl (C=O) groups is 1. The van der Waals surface area contributed by atoms with Gasteiger partial charge in [-0.3, -0.25) is 0 Å². The summed E-state index contributed by atoms with van der Waals surface area (Å²) in [5.74, 6) is 0.186. The zero-order valence-corrected chi connectivity index (χ0v) is 13.7. The number of aryl methyl sites for hydroxylation is 1. The van der Waals surface area contributed by atoms with Crippen LogP contribution < -0.4 is 5.73 Å². The SMILES string of the molecule is COC(=O)c1cc(CCCCN)c2ccc(C(C)C)ccc1-2. The maximum atomic E-state index is 12.0. The van der Waals surface area contributed by atoms with Crippen LogP contribution in [0.25, 0.3) is 11.1 Å². The summed E-state index contributed by atoms with van der Waals surface area (Å²) in [7, 11) is 1.43. The Morgan fingerprint density at radius 2 is 1.82 bits per heavy atom. The fourth-order valence-electron chi connectivity index (χ4n) is 2.77. The summed E-state index contributed by atoms with van der Waals surface area (Å²) in [6.45, 7) is 5.04. The van der Waals surface area contributed by atoms with Crippen molar-refractivity contribution in [2.75, 3.05) is 13.7 Å². The number of rotatable bonds is 6. The van der Waals surface area contributed by atoms with Crippen molar-refractivity contribution in [3.8, 4) is 11.1 Å². The number of esters is 1. The Hall–Kier alpha value is -1.87. The molecule has 0 saturated carbocycles. The highest BCUT2D eigenvalue weighted by atomic mass is 16.5. The summed E-state index contributed by atoms with van der Waals surface area (Å²) in [5.41, 5.74) is 10.8. The van der Waals surface area contributed by atoms with Gasteiger partial charge in [0.05, 0.1) is 12.7 Å². The summed E-state index contributed by atoms with van der Waals surface area (Å²) < 4.78 is 4.93. The first-order valence-corrected chi connectivity index (χ1v) is 7.92. The summed E-state index contributed by atoms with van der Waals surface area (Å²) in [5, 5.41) is 0. The van der Waals surface area contributed by atoms with Crippen molar-refractivity contribution in [1.29, 1.82) is 0 Å². The second-order valence-electron chi connectivity index (χ2n) is 5.97. The van der Waals surface area contributed by atoms with Gasteiger partial charge in [0, 0.05) is 0 Å². The quantitative estimate of drug-likeness (QED) is 0.648. The van der Waals surface area contributed by atoms with Crippen molar-refractivity contribution < 1.29 is 9.53 Å². The molecule has 0 radical (unpaired) electrons. The highest BCUT2D eigenvalue weighted by Crippen LogP contribution is 2.34. The number of hydrogen-bond acceptors (Lipinski definition) is 3. The minimum atomic E-state index is -0.271. The number of nitrogens with two attached hydrogens (primary N) is 1. The molecule has 0 aromatic carbocycles. The standard InChI is InChI=1S/C19H25NO2/c1-13(2)14-7-9-16-15(6-4-5-11-20)12-18(19(21)22-3)17(16)10-8-14/h7-10,12-13H,4-6,11,20H2,1-3H3. The maximum absolute atomic E-state index is 12.0. The average molecular weight is 299 g/mol. The molecule has 3 nitrogen and oxygen atoms in total. The Morgan fingerprint density at radius 1 is 1.14 bits per heavy atom. The van der Waals surface area contributed by atoms with Crippen LogP contribution in [-0.4, -0.2) is 19.6 Å². The normalized spacial score (nSPS) is 11.1. The van der Waals surface area contributed by atoms with Crippen LogP contribution in [0.5, 0.6) is 0 Å². The lowest BCUT2D eigenvalue weighted by molar-refractivity contribution is 0.0602. The maximum Gasteiger partial charge on any atom is 0.338 e. The van der Waals surface area contributed by atoms with Gasteiger partial charge in [-0.1, -0.05) is 38.1 Å². The van der Waals surface area contributed by atoms with Gasteiger partial charge >= 0.3 is 5.97 Å². The Labute approximate surface area is 132 Å². The van der Waals surface area contributed by atoms with E-state index in [9.17, 15) is 4.79 Å². The Morgan fingerprint density at radius 3 is 2.41 bits per heavy atom. The van der Waals surface area contributed by atoms with Crippen molar-refractivity contribution in [2.45, 2.75) is 39.0 Å². The zero-order chi connectivity index (χ0) is 16.1. The van der Waals surface area contributed by atoms with Crippen LogP contribution in [0.4, 0.5) is 0 Å². The third-order valence-corrected chi connectivity index (χ3v) is 4.10. The van der Waals surface area contributed by atoms with Crippen molar-refractivity contribution in [3.63, 3.8) is 0 Å². The van der Waals surface area contributed by atoms with Gasteiger partial charge in [0.2, 0.25) is 0 Å². The Kier molecular flexibility index (Phi) is 5.56. The molecule has 0 saturated heterocycles. The van der Waals surface area contributed by atoms with Crippen LogP contribution in [0.2, 0.25) is 0 Å². The monoisotopic (exact) mass is 299 g/mol. The van der Waals surface area contributed by atoms with Crippen molar-refractivity contribution in [3.05, 3.63) is 47.0 Å². The highest BCUT2D eigenvalue weighted by molar-refractivity contribution is 6.00. The minimum Gasteiger partial charge on any atom is -0.465 e. The second kappa shape index (κ2) is 7.41. The van der Waals surface area contributed by atoms with Crippen LogP contribution in [0.15, 0.2) is 30.3 Å². The fourth-order valence-corrected chi connectivity index (χ4v) is 2.77. The zero-order valence-electron chi connectivity index (χ0n) is 13.7. The van der Waals surface area contributed by atoms with E-state index in [-0.39, 0.29) is 5.97 Å². The first-order valence-electron chi connectivity index (χ1n) is 7.92. The molecule has 2 rings (SSSR count). The van der Waals surface area contributed by atoms with Gasteiger partial charge in [-0.05, 0) is 60.0 Å². The molecule has 3 heteroatoms. The van der Waals surface area contributed by atoms with Crippen LogP contribution in [0.1, 0.15) is 54.1 Å². The van der Waals surface area contributed by atoms with E-state index in [0.29, 0.717) is 18.0 Å². The van der Waals surface area contributed by atoms with E-state index in [1.807, 2.05) is 12.1 Å². The number of ether oxygens (including phenoxy) is 1. The van der Waals surface area contributed by atoms with Crippen LogP contribution >= 0.6 is 0 Å². The third kappa shape index (κ3) is 3.47. The molecular formula is C19H25NO2. The summed E-state index contributed by atoms with van der Waals surface area (Å²) in [4.78, 5) is 12.0. The average Bonchev–Trinajstić information content (AvgIpc) is 2.70. The lowest BCUT2D eigenvalue weighted by Crippen LogP contribution is -2.00. The molecule has 0 unspecified atom stereocenters. The number of unbranched alkanes of at least 4 members (excludes halogenated alkanes) is 1. The predicted octanol–water partition coefficient (Wildman–Crippen LogP) is 3.98. The molecule has 0 fully saturated rings. The Bertz CT molecular complexity index is 619. The molecule has 0 atom stereocenters. The topological polar surface area (TPSA) is 52.3 Å². The summed E-state index contributed by atoms with van der Waals surface area (Å²) in [6, 6.07) is 10.4. The first kappa shape index (κ1) is 16.5. The van der Waals surface area contributed by atoms with Gasteiger partial charge in [0.1, 0.15) is 0 Å². The van der Waals surface area contributed by atoms with Crippen LogP contribution in [-0.2, 0) is 11.2 Å². The van der Waals surface area contributed by atoms with Crippen molar-refractivity contribution >= 4 is 5.97 Å². The largest absolute Gasteiger partial charge is 0.465 e. The molecule has 0 aromatic rings. The number of hydrogen-bond donors (Lipinski definition) is 1. The van der Waals surface area contributed by atoms with Gasteiger partial charge < -0.3 is 10.5 Å². The predicted molar refractivity (Wildman–Crippen MR) is 90.5 cm³/mol. The van der Waals surface area contributed by atoms with Crippen LogP contribution in [0, 0.1) is 0 Å². The number of fused-ring (bicyclic) bond motifs is 1. The molecule has 0 bridgehead atoms. The van der Waals surface area contributed by atoms with Gasteiger partial charge in [-0.15, -0.1) is 0 Å². The molecule has 0 aliphatic heterocycles. The van der Waals surface area contributed by atoms with E-state index in [4.69, 9.17) is 10.5 Å². The molecule has 2 aliphatic rings. The van der Waals surface area contributed by atoms with E-state index in [2.05, 4.69) is 32.0 Å². The highest BCUT2D eigenvalue weighted by Gasteiger charge is 2.20. The van der Waals surface area contributed by atoms with E-state index >= 15 is 0 Å².